The lowest BCUT2D eigenvalue weighted by Gasteiger charge is -2.05. The molecule has 17 heavy (non-hydrogen) atoms. The summed E-state index contributed by atoms with van der Waals surface area (Å²) in [6.45, 7) is 4.12. The highest BCUT2D eigenvalue weighted by Crippen LogP contribution is 2.31. The Kier molecular flexibility index (Phi) is 3.51. The summed E-state index contributed by atoms with van der Waals surface area (Å²) >= 11 is 1.64. The molecule has 0 spiro atoms. The predicted molar refractivity (Wildman–Crippen MR) is 71.2 cm³/mol. The molecule has 84 valence electrons. The Labute approximate surface area is 106 Å². The number of nitriles is 1. The molecule has 0 aliphatic carbocycles. The molecule has 0 N–H and O–H groups in total. The van der Waals surface area contributed by atoms with E-state index in [4.69, 9.17) is 5.26 Å². The van der Waals surface area contributed by atoms with Crippen LogP contribution in [0.3, 0.4) is 0 Å². The number of hydrogen-bond acceptors (Lipinski definition) is 2. The SMILES string of the molecule is Cc1cccc(Sc2cc(C)ccc2C#N)c1. The molecule has 0 atom stereocenters. The summed E-state index contributed by atoms with van der Waals surface area (Å²) in [6.07, 6.45) is 0. The number of nitrogens with zero attached hydrogens (tertiary/aromatic N) is 1. The summed E-state index contributed by atoms with van der Waals surface area (Å²) < 4.78 is 0. The molecule has 0 saturated carbocycles. The summed E-state index contributed by atoms with van der Waals surface area (Å²) in [5, 5.41) is 9.08. The topological polar surface area (TPSA) is 23.8 Å². The fourth-order valence-electron chi connectivity index (χ4n) is 1.61. The van der Waals surface area contributed by atoms with Gasteiger partial charge in [0.1, 0.15) is 6.07 Å². The highest BCUT2D eigenvalue weighted by atomic mass is 32.2. The van der Waals surface area contributed by atoms with Crippen LogP contribution in [0.4, 0.5) is 0 Å². The van der Waals surface area contributed by atoms with Crippen LogP contribution >= 0.6 is 11.8 Å². The molecule has 0 fully saturated rings. The van der Waals surface area contributed by atoms with E-state index in [0.29, 0.717) is 0 Å². The van der Waals surface area contributed by atoms with Crippen molar-refractivity contribution in [3.05, 3.63) is 59.2 Å². The second kappa shape index (κ2) is 5.07. The molecule has 0 aromatic heterocycles. The van der Waals surface area contributed by atoms with Gasteiger partial charge in [0.05, 0.1) is 5.56 Å². The lowest BCUT2D eigenvalue weighted by Crippen LogP contribution is -1.83. The lowest BCUT2D eigenvalue weighted by atomic mass is 10.2. The monoisotopic (exact) mass is 239 g/mol. The van der Waals surface area contributed by atoms with Crippen LogP contribution in [0.2, 0.25) is 0 Å². The van der Waals surface area contributed by atoms with Gasteiger partial charge in [-0.05, 0) is 43.7 Å². The van der Waals surface area contributed by atoms with Crippen LogP contribution in [0, 0.1) is 25.2 Å². The molecule has 0 heterocycles. The summed E-state index contributed by atoms with van der Waals surface area (Å²) in [5.74, 6) is 0. The molecular formula is C15H13NS. The van der Waals surface area contributed by atoms with E-state index in [1.807, 2.05) is 25.1 Å². The van der Waals surface area contributed by atoms with Crippen molar-refractivity contribution in [1.82, 2.24) is 0 Å². The summed E-state index contributed by atoms with van der Waals surface area (Å²) in [4.78, 5) is 2.20. The van der Waals surface area contributed by atoms with Crippen LogP contribution in [0.25, 0.3) is 0 Å². The van der Waals surface area contributed by atoms with Crippen LogP contribution in [0.1, 0.15) is 16.7 Å². The first kappa shape index (κ1) is 11.8. The van der Waals surface area contributed by atoms with Gasteiger partial charge in [-0.3, -0.25) is 0 Å². The lowest BCUT2D eigenvalue weighted by molar-refractivity contribution is 1.29. The Morgan fingerprint density at radius 2 is 1.76 bits per heavy atom. The minimum absolute atomic E-state index is 0.738. The van der Waals surface area contributed by atoms with Gasteiger partial charge in [-0.15, -0.1) is 0 Å². The largest absolute Gasteiger partial charge is 0.192 e. The average Bonchev–Trinajstić information content (AvgIpc) is 2.29. The van der Waals surface area contributed by atoms with E-state index >= 15 is 0 Å². The number of rotatable bonds is 2. The van der Waals surface area contributed by atoms with Gasteiger partial charge in [0.2, 0.25) is 0 Å². The van der Waals surface area contributed by atoms with Gasteiger partial charge in [0.25, 0.3) is 0 Å². The molecule has 0 bridgehead atoms. The first-order valence-corrected chi connectivity index (χ1v) is 6.26. The van der Waals surface area contributed by atoms with E-state index < -0.39 is 0 Å². The Balaban J connectivity index is 2.36. The predicted octanol–water partition coefficient (Wildman–Crippen LogP) is 4.33. The van der Waals surface area contributed by atoms with Crippen molar-refractivity contribution in [1.29, 1.82) is 5.26 Å². The second-order valence-corrected chi connectivity index (χ2v) is 5.15. The molecule has 2 aromatic rings. The Morgan fingerprint density at radius 3 is 2.47 bits per heavy atom. The maximum absolute atomic E-state index is 9.08. The van der Waals surface area contributed by atoms with E-state index in [-0.39, 0.29) is 0 Å². The van der Waals surface area contributed by atoms with Gasteiger partial charge in [0, 0.05) is 9.79 Å². The standard InChI is InChI=1S/C15H13NS/c1-11-4-3-5-14(8-11)17-15-9-12(2)6-7-13(15)10-16/h3-9H,1-2H3. The zero-order valence-corrected chi connectivity index (χ0v) is 10.7. The summed E-state index contributed by atoms with van der Waals surface area (Å²) in [6, 6.07) is 16.5. The van der Waals surface area contributed by atoms with E-state index in [1.165, 1.54) is 16.0 Å². The molecule has 2 heteroatoms. The maximum Gasteiger partial charge on any atom is 0.100 e. The highest BCUT2D eigenvalue weighted by molar-refractivity contribution is 7.99. The van der Waals surface area contributed by atoms with E-state index in [0.717, 1.165) is 10.5 Å². The van der Waals surface area contributed by atoms with Crippen LogP contribution < -0.4 is 0 Å². The smallest absolute Gasteiger partial charge is 0.100 e. The first-order chi connectivity index (χ1) is 8.19. The van der Waals surface area contributed by atoms with Gasteiger partial charge in [-0.1, -0.05) is 35.5 Å². The fraction of sp³-hybridized carbons (Fsp3) is 0.133. The van der Waals surface area contributed by atoms with Crippen LogP contribution in [-0.4, -0.2) is 0 Å². The fourth-order valence-corrected chi connectivity index (χ4v) is 2.73. The highest BCUT2D eigenvalue weighted by Gasteiger charge is 2.04. The normalized spacial score (nSPS) is 9.94. The number of hydrogen-bond donors (Lipinski definition) is 0. The van der Waals surface area contributed by atoms with E-state index in [9.17, 15) is 0 Å². The molecule has 0 saturated heterocycles. The van der Waals surface area contributed by atoms with E-state index in [1.54, 1.807) is 11.8 Å². The molecule has 2 rings (SSSR count). The van der Waals surface area contributed by atoms with Gasteiger partial charge in [-0.2, -0.15) is 5.26 Å². The quantitative estimate of drug-likeness (QED) is 0.779. The van der Waals surface area contributed by atoms with Crippen molar-refractivity contribution in [2.45, 2.75) is 23.6 Å². The molecule has 0 radical (unpaired) electrons. The van der Waals surface area contributed by atoms with Gasteiger partial charge in [0.15, 0.2) is 0 Å². The maximum atomic E-state index is 9.08. The van der Waals surface area contributed by atoms with Crippen LogP contribution in [-0.2, 0) is 0 Å². The molecule has 0 amide bonds. The minimum atomic E-state index is 0.738. The summed E-state index contributed by atoms with van der Waals surface area (Å²) in [5.41, 5.74) is 3.16. The first-order valence-electron chi connectivity index (χ1n) is 5.44. The number of aryl methyl sites for hydroxylation is 2. The molecular weight excluding hydrogens is 226 g/mol. The third kappa shape index (κ3) is 2.89. The van der Waals surface area contributed by atoms with Crippen molar-refractivity contribution >= 4 is 11.8 Å². The molecule has 0 aliphatic rings. The molecule has 1 nitrogen and oxygen atoms in total. The molecule has 0 aliphatic heterocycles. The van der Waals surface area contributed by atoms with Gasteiger partial charge >= 0.3 is 0 Å². The third-order valence-electron chi connectivity index (χ3n) is 2.47. The zero-order valence-electron chi connectivity index (χ0n) is 9.90. The van der Waals surface area contributed by atoms with Gasteiger partial charge in [-0.25, -0.2) is 0 Å². The van der Waals surface area contributed by atoms with Gasteiger partial charge < -0.3 is 0 Å². The molecule has 0 unspecified atom stereocenters. The minimum Gasteiger partial charge on any atom is -0.192 e. The second-order valence-electron chi connectivity index (χ2n) is 4.03. The van der Waals surface area contributed by atoms with Crippen LogP contribution in [0.15, 0.2) is 52.3 Å². The van der Waals surface area contributed by atoms with E-state index in [2.05, 4.69) is 37.3 Å². The molecule has 2 aromatic carbocycles. The summed E-state index contributed by atoms with van der Waals surface area (Å²) in [7, 11) is 0. The Hall–Kier alpha value is -1.72. The van der Waals surface area contributed by atoms with Crippen molar-refractivity contribution < 1.29 is 0 Å². The number of benzene rings is 2. The zero-order chi connectivity index (χ0) is 12.3. The Bertz CT molecular complexity index is 582. The van der Waals surface area contributed by atoms with Crippen molar-refractivity contribution in [3.8, 4) is 6.07 Å². The Morgan fingerprint density at radius 1 is 1.00 bits per heavy atom. The third-order valence-corrected chi connectivity index (χ3v) is 3.52. The van der Waals surface area contributed by atoms with Crippen molar-refractivity contribution in [2.24, 2.45) is 0 Å². The average molecular weight is 239 g/mol. The van der Waals surface area contributed by atoms with Crippen LogP contribution in [0.5, 0.6) is 0 Å². The van der Waals surface area contributed by atoms with Crippen molar-refractivity contribution in [3.63, 3.8) is 0 Å². The van der Waals surface area contributed by atoms with Crippen molar-refractivity contribution in [2.75, 3.05) is 0 Å².